The molecule has 1 aromatic rings. The van der Waals surface area contributed by atoms with Crippen LogP contribution in [0.15, 0.2) is 12.5 Å². The van der Waals surface area contributed by atoms with E-state index in [0.717, 1.165) is 0 Å². The van der Waals surface area contributed by atoms with Crippen molar-refractivity contribution in [3.63, 3.8) is 0 Å². The fourth-order valence-corrected chi connectivity index (χ4v) is 2.76. The number of rotatable bonds is 13. The number of carbonyl (C=O) groups excluding carboxylic acids is 4. The Morgan fingerprint density at radius 2 is 1.61 bits per heavy atom. The van der Waals surface area contributed by atoms with E-state index >= 15 is 0 Å². The van der Waals surface area contributed by atoms with E-state index in [2.05, 4.69) is 25.9 Å². The number of primary amides is 1. The third kappa shape index (κ3) is 8.86. The Morgan fingerprint density at radius 1 is 1.03 bits per heavy atom. The minimum absolute atomic E-state index is 0.0846. The highest BCUT2D eigenvalue weighted by Crippen LogP contribution is 2.05. The molecule has 0 saturated heterocycles. The van der Waals surface area contributed by atoms with Gasteiger partial charge in [0.1, 0.15) is 24.2 Å². The number of aromatic amines is 1. The third-order valence-electron chi connectivity index (χ3n) is 4.70. The van der Waals surface area contributed by atoms with Crippen LogP contribution in [0.3, 0.4) is 0 Å². The van der Waals surface area contributed by atoms with Gasteiger partial charge in [-0.1, -0.05) is 13.8 Å². The van der Waals surface area contributed by atoms with Crippen molar-refractivity contribution in [3.05, 3.63) is 18.2 Å². The van der Waals surface area contributed by atoms with Crippen LogP contribution in [0.25, 0.3) is 0 Å². The van der Waals surface area contributed by atoms with Crippen molar-refractivity contribution in [1.82, 2.24) is 25.9 Å². The topological polar surface area (TPSA) is 243 Å². The van der Waals surface area contributed by atoms with Crippen LogP contribution in [-0.2, 0) is 30.4 Å². The number of carboxylic acid groups (broad SMARTS) is 1. The van der Waals surface area contributed by atoms with Gasteiger partial charge in [0.05, 0.1) is 18.9 Å². The van der Waals surface area contributed by atoms with Gasteiger partial charge in [-0.15, -0.1) is 0 Å². The van der Waals surface area contributed by atoms with Crippen molar-refractivity contribution in [2.24, 2.45) is 17.4 Å². The molecule has 1 aromatic heterocycles. The predicted molar refractivity (Wildman–Crippen MR) is 114 cm³/mol. The summed E-state index contributed by atoms with van der Waals surface area (Å²) in [6.07, 6.45) is 0.876. The first-order chi connectivity index (χ1) is 15.3. The maximum absolute atomic E-state index is 12.9. The van der Waals surface area contributed by atoms with E-state index in [1.807, 2.05) is 0 Å². The number of aliphatic carboxylic acids is 1. The number of nitrogens with zero attached hydrogens (tertiary/aromatic N) is 1. The Hall–Kier alpha value is -3.52. The molecule has 0 aliphatic rings. The Labute approximate surface area is 189 Å². The van der Waals surface area contributed by atoms with Crippen LogP contribution < -0.4 is 27.4 Å². The van der Waals surface area contributed by atoms with Crippen molar-refractivity contribution in [1.29, 1.82) is 0 Å². The highest BCUT2D eigenvalue weighted by atomic mass is 16.4. The summed E-state index contributed by atoms with van der Waals surface area (Å²) in [5, 5.41) is 25.8. The van der Waals surface area contributed by atoms with Crippen molar-refractivity contribution in [2.75, 3.05) is 0 Å². The van der Waals surface area contributed by atoms with Gasteiger partial charge in [0, 0.05) is 18.3 Å². The fourth-order valence-electron chi connectivity index (χ4n) is 2.76. The fraction of sp³-hybridized carbons (Fsp3) is 0.579. The summed E-state index contributed by atoms with van der Waals surface area (Å²) >= 11 is 0. The van der Waals surface area contributed by atoms with Gasteiger partial charge < -0.3 is 42.6 Å². The first kappa shape index (κ1) is 27.5. The van der Waals surface area contributed by atoms with Gasteiger partial charge in [-0.25, -0.2) is 9.78 Å². The number of H-pyrrole nitrogens is 1. The molecule has 1 rings (SSSR count). The molecule has 14 nitrogen and oxygen atoms in total. The lowest BCUT2D eigenvalue weighted by Gasteiger charge is -2.25. The minimum Gasteiger partial charge on any atom is -0.480 e. The van der Waals surface area contributed by atoms with E-state index < -0.39 is 72.2 Å². The highest BCUT2D eigenvalue weighted by molar-refractivity contribution is 5.96. The standard InChI is InChI=1S/C19H31N7O7/c1-8(2)15(19(32)33)26-17(30)12(5-13(20)28)24-16(29)11(4-10-6-22-7-23-10)25-18(31)14(21)9(3)27/h6-9,11-12,14-15,27H,4-5,21H2,1-3H3,(H2,20,28)(H,22,23)(H,24,29)(H,25,31)(H,26,30)(H,32,33). The number of carbonyl (C=O) groups is 5. The highest BCUT2D eigenvalue weighted by Gasteiger charge is 2.32. The van der Waals surface area contributed by atoms with E-state index in [4.69, 9.17) is 11.5 Å². The second kappa shape index (κ2) is 12.5. The van der Waals surface area contributed by atoms with Gasteiger partial charge >= 0.3 is 5.97 Å². The zero-order chi connectivity index (χ0) is 25.3. The number of hydrogen-bond acceptors (Lipinski definition) is 8. The molecule has 0 aliphatic heterocycles. The van der Waals surface area contributed by atoms with Gasteiger partial charge in [-0.2, -0.15) is 0 Å². The number of aliphatic hydroxyl groups excluding tert-OH is 1. The molecular formula is C19H31N7O7. The van der Waals surface area contributed by atoms with Crippen molar-refractivity contribution >= 4 is 29.6 Å². The molecule has 10 N–H and O–H groups in total. The Morgan fingerprint density at radius 3 is 2.06 bits per heavy atom. The maximum atomic E-state index is 12.9. The van der Waals surface area contributed by atoms with E-state index in [1.165, 1.54) is 19.4 Å². The summed E-state index contributed by atoms with van der Waals surface area (Å²) in [4.78, 5) is 67.3. The van der Waals surface area contributed by atoms with Gasteiger partial charge in [-0.05, 0) is 12.8 Å². The van der Waals surface area contributed by atoms with Crippen LogP contribution in [0.2, 0.25) is 0 Å². The molecule has 0 bridgehead atoms. The molecule has 5 atom stereocenters. The molecule has 0 fully saturated rings. The lowest BCUT2D eigenvalue weighted by atomic mass is 10.0. The average Bonchev–Trinajstić information content (AvgIpc) is 3.22. The number of nitrogens with one attached hydrogen (secondary N) is 4. The zero-order valence-electron chi connectivity index (χ0n) is 18.6. The second-order valence-electron chi connectivity index (χ2n) is 7.91. The number of carboxylic acids is 1. The molecule has 0 aromatic carbocycles. The summed E-state index contributed by atoms with van der Waals surface area (Å²) in [7, 11) is 0. The summed E-state index contributed by atoms with van der Waals surface area (Å²) in [6.45, 7) is 4.44. The average molecular weight is 469 g/mol. The number of hydrogen-bond donors (Lipinski definition) is 8. The molecule has 33 heavy (non-hydrogen) atoms. The van der Waals surface area contributed by atoms with Crippen LogP contribution in [0, 0.1) is 5.92 Å². The summed E-state index contributed by atoms with van der Waals surface area (Å²) < 4.78 is 0. The van der Waals surface area contributed by atoms with Crippen LogP contribution in [0.5, 0.6) is 0 Å². The molecule has 5 unspecified atom stereocenters. The molecule has 14 heteroatoms. The van der Waals surface area contributed by atoms with Crippen molar-refractivity contribution in [3.8, 4) is 0 Å². The number of aromatic nitrogens is 2. The smallest absolute Gasteiger partial charge is 0.326 e. The third-order valence-corrected chi connectivity index (χ3v) is 4.70. The van der Waals surface area contributed by atoms with Gasteiger partial charge in [0.25, 0.3) is 0 Å². The number of amides is 4. The van der Waals surface area contributed by atoms with Gasteiger partial charge in [-0.3, -0.25) is 19.2 Å². The maximum Gasteiger partial charge on any atom is 0.326 e. The summed E-state index contributed by atoms with van der Waals surface area (Å²) in [6, 6.07) is -5.36. The molecule has 0 radical (unpaired) electrons. The minimum atomic E-state index is -1.50. The Balaban J connectivity index is 3.07. The quantitative estimate of drug-likeness (QED) is 0.144. The lowest BCUT2D eigenvalue weighted by molar-refractivity contribution is -0.143. The molecule has 1 heterocycles. The SMILES string of the molecule is CC(C)C(NC(=O)C(CC(N)=O)NC(=O)C(Cc1cnc[nH]1)NC(=O)C(N)C(C)O)C(=O)O. The monoisotopic (exact) mass is 469 g/mol. The van der Waals surface area contributed by atoms with Gasteiger partial charge in [0.15, 0.2) is 0 Å². The molecule has 0 saturated carbocycles. The summed E-state index contributed by atoms with van der Waals surface area (Å²) in [5.41, 5.74) is 11.3. The molecule has 184 valence electrons. The van der Waals surface area contributed by atoms with Crippen LogP contribution in [0.4, 0.5) is 0 Å². The predicted octanol–water partition coefficient (Wildman–Crippen LogP) is -3.27. The number of aliphatic hydroxyl groups is 1. The van der Waals surface area contributed by atoms with Crippen molar-refractivity contribution < 1.29 is 34.2 Å². The van der Waals surface area contributed by atoms with E-state index in [9.17, 15) is 34.2 Å². The first-order valence-electron chi connectivity index (χ1n) is 10.2. The van der Waals surface area contributed by atoms with E-state index in [1.54, 1.807) is 13.8 Å². The number of nitrogens with two attached hydrogens (primary N) is 2. The van der Waals surface area contributed by atoms with Gasteiger partial charge in [0.2, 0.25) is 23.6 Å². The summed E-state index contributed by atoms with van der Waals surface area (Å²) in [5.74, 6) is -5.32. The molecule has 0 spiro atoms. The van der Waals surface area contributed by atoms with Crippen LogP contribution in [-0.4, -0.2) is 80.1 Å². The van der Waals surface area contributed by atoms with E-state index in [-0.39, 0.29) is 6.42 Å². The van der Waals surface area contributed by atoms with E-state index in [0.29, 0.717) is 5.69 Å². The molecule has 0 aliphatic carbocycles. The zero-order valence-corrected chi connectivity index (χ0v) is 18.6. The van der Waals surface area contributed by atoms with Crippen LogP contribution in [0.1, 0.15) is 32.9 Å². The Kier molecular flexibility index (Phi) is 10.4. The van der Waals surface area contributed by atoms with Crippen LogP contribution >= 0.6 is 0 Å². The lowest BCUT2D eigenvalue weighted by Crippen LogP contribution is -2.59. The second-order valence-corrected chi connectivity index (χ2v) is 7.91. The Bertz CT molecular complexity index is 842. The van der Waals surface area contributed by atoms with Crippen molar-refractivity contribution in [2.45, 2.75) is 63.9 Å². The number of imidazole rings is 1. The largest absolute Gasteiger partial charge is 0.480 e. The first-order valence-corrected chi connectivity index (χ1v) is 10.2. The molecular weight excluding hydrogens is 438 g/mol. The normalized spacial score (nSPS) is 15.6. The molecule has 4 amide bonds.